The summed E-state index contributed by atoms with van der Waals surface area (Å²) in [6.07, 6.45) is 5.56. The predicted molar refractivity (Wildman–Crippen MR) is 61.6 cm³/mol. The second kappa shape index (κ2) is 6.53. The van der Waals surface area contributed by atoms with Crippen molar-refractivity contribution in [3.8, 4) is 0 Å². The molecule has 2 unspecified atom stereocenters. The molecule has 3 heteroatoms. The van der Waals surface area contributed by atoms with Gasteiger partial charge in [-0.2, -0.15) is 0 Å². The zero-order valence-electron chi connectivity index (χ0n) is 9.52. The van der Waals surface area contributed by atoms with E-state index in [0.29, 0.717) is 5.92 Å². The van der Waals surface area contributed by atoms with E-state index in [1.165, 1.54) is 5.56 Å². The minimum absolute atomic E-state index is 0.185. The fraction of sp³-hybridized carbons (Fsp3) is 0.583. The Morgan fingerprint density at radius 3 is 2.93 bits per heavy atom. The van der Waals surface area contributed by atoms with Crippen LogP contribution in [0.4, 0.5) is 0 Å². The monoisotopic (exact) mass is 208 g/mol. The maximum absolute atomic E-state index is 6.11. The molecule has 3 nitrogen and oxygen atoms in total. The Morgan fingerprint density at radius 2 is 2.33 bits per heavy atom. The number of nitrogens with zero attached hydrogens (tertiary/aromatic N) is 1. The minimum Gasteiger partial charge on any atom is -0.385 e. The lowest BCUT2D eigenvalue weighted by molar-refractivity contribution is 0.174. The first-order valence-corrected chi connectivity index (χ1v) is 5.37. The van der Waals surface area contributed by atoms with E-state index in [0.717, 1.165) is 19.4 Å². The van der Waals surface area contributed by atoms with E-state index in [1.807, 2.05) is 12.3 Å². The van der Waals surface area contributed by atoms with Gasteiger partial charge in [0.1, 0.15) is 0 Å². The summed E-state index contributed by atoms with van der Waals surface area (Å²) in [5.74, 6) is 0.477. The van der Waals surface area contributed by atoms with Crippen molar-refractivity contribution in [1.29, 1.82) is 0 Å². The molecule has 0 aliphatic rings. The van der Waals surface area contributed by atoms with Gasteiger partial charge in [0.15, 0.2) is 0 Å². The van der Waals surface area contributed by atoms with E-state index in [1.54, 1.807) is 13.3 Å². The fourth-order valence-corrected chi connectivity index (χ4v) is 1.51. The van der Waals surface area contributed by atoms with Gasteiger partial charge in [0, 0.05) is 32.2 Å². The Bertz CT molecular complexity index is 264. The van der Waals surface area contributed by atoms with Crippen molar-refractivity contribution in [2.24, 2.45) is 11.7 Å². The number of hydrogen-bond donors (Lipinski definition) is 1. The van der Waals surface area contributed by atoms with E-state index in [2.05, 4.69) is 18.0 Å². The highest BCUT2D eigenvalue weighted by Crippen LogP contribution is 2.11. The molecule has 0 aliphatic carbocycles. The van der Waals surface area contributed by atoms with Gasteiger partial charge in [-0.25, -0.2) is 0 Å². The van der Waals surface area contributed by atoms with Crippen LogP contribution in [0.25, 0.3) is 0 Å². The largest absolute Gasteiger partial charge is 0.385 e. The Kier molecular flexibility index (Phi) is 5.29. The van der Waals surface area contributed by atoms with Crippen LogP contribution in [-0.2, 0) is 11.2 Å². The maximum atomic E-state index is 6.11. The average Bonchev–Trinajstić information content (AvgIpc) is 2.27. The molecule has 1 rings (SSSR count). The fourth-order valence-electron chi connectivity index (χ4n) is 1.51. The number of methoxy groups -OCH3 is 1. The van der Waals surface area contributed by atoms with Crippen molar-refractivity contribution < 1.29 is 4.74 Å². The lowest BCUT2D eigenvalue weighted by Gasteiger charge is -2.19. The molecule has 1 heterocycles. The summed E-state index contributed by atoms with van der Waals surface area (Å²) in [7, 11) is 1.72. The molecule has 15 heavy (non-hydrogen) atoms. The van der Waals surface area contributed by atoms with Gasteiger partial charge in [0.25, 0.3) is 0 Å². The summed E-state index contributed by atoms with van der Waals surface area (Å²) in [6, 6.07) is 4.20. The smallest absolute Gasteiger partial charge is 0.0465 e. The third-order valence-corrected chi connectivity index (χ3v) is 2.70. The highest BCUT2D eigenvalue weighted by atomic mass is 16.5. The highest BCUT2D eigenvalue weighted by molar-refractivity contribution is 5.10. The van der Waals surface area contributed by atoms with E-state index >= 15 is 0 Å². The zero-order valence-corrected chi connectivity index (χ0v) is 9.52. The van der Waals surface area contributed by atoms with Gasteiger partial charge in [-0.15, -0.1) is 0 Å². The van der Waals surface area contributed by atoms with Crippen molar-refractivity contribution >= 4 is 0 Å². The molecule has 2 atom stereocenters. The standard InChI is InChI=1S/C12H20N2O/c1-10(5-7-15-2)12(13)8-11-4-3-6-14-9-11/h3-4,6,9-10,12H,5,7-8,13H2,1-2H3. The van der Waals surface area contributed by atoms with Crippen LogP contribution >= 0.6 is 0 Å². The number of ether oxygens (including phenoxy) is 1. The molecule has 0 saturated heterocycles. The maximum Gasteiger partial charge on any atom is 0.0465 e. The Morgan fingerprint density at radius 1 is 1.53 bits per heavy atom. The molecule has 0 saturated carbocycles. The van der Waals surface area contributed by atoms with Crippen molar-refractivity contribution in [1.82, 2.24) is 4.98 Å². The van der Waals surface area contributed by atoms with Crippen LogP contribution in [0.2, 0.25) is 0 Å². The van der Waals surface area contributed by atoms with Gasteiger partial charge in [-0.05, 0) is 30.4 Å². The minimum atomic E-state index is 0.185. The topological polar surface area (TPSA) is 48.1 Å². The van der Waals surface area contributed by atoms with E-state index in [9.17, 15) is 0 Å². The van der Waals surface area contributed by atoms with Crippen LogP contribution in [0.5, 0.6) is 0 Å². The SMILES string of the molecule is COCCC(C)C(N)Cc1cccnc1. The van der Waals surface area contributed by atoms with Gasteiger partial charge < -0.3 is 10.5 Å². The average molecular weight is 208 g/mol. The number of hydrogen-bond acceptors (Lipinski definition) is 3. The molecule has 0 radical (unpaired) electrons. The summed E-state index contributed by atoms with van der Waals surface area (Å²) in [5.41, 5.74) is 7.31. The summed E-state index contributed by atoms with van der Waals surface area (Å²) < 4.78 is 5.04. The molecule has 0 aromatic carbocycles. The molecule has 0 bridgehead atoms. The van der Waals surface area contributed by atoms with Crippen molar-refractivity contribution in [2.45, 2.75) is 25.8 Å². The lowest BCUT2D eigenvalue weighted by atomic mass is 9.94. The molecule has 0 aliphatic heterocycles. The number of pyridine rings is 1. The van der Waals surface area contributed by atoms with E-state index in [-0.39, 0.29) is 6.04 Å². The third-order valence-electron chi connectivity index (χ3n) is 2.70. The Labute approximate surface area is 91.7 Å². The number of nitrogens with two attached hydrogens (primary N) is 1. The summed E-state index contributed by atoms with van der Waals surface area (Å²) in [6.45, 7) is 2.95. The zero-order chi connectivity index (χ0) is 11.1. The van der Waals surface area contributed by atoms with Crippen molar-refractivity contribution in [3.63, 3.8) is 0 Å². The third kappa shape index (κ3) is 4.40. The predicted octanol–water partition coefficient (Wildman–Crippen LogP) is 1.62. The molecule has 1 aromatic heterocycles. The lowest BCUT2D eigenvalue weighted by Crippen LogP contribution is -2.31. The normalized spacial score (nSPS) is 14.9. The van der Waals surface area contributed by atoms with E-state index in [4.69, 9.17) is 10.5 Å². The first kappa shape index (κ1) is 12.1. The second-order valence-corrected chi connectivity index (χ2v) is 3.99. The van der Waals surface area contributed by atoms with Gasteiger partial charge in [-0.3, -0.25) is 4.98 Å². The number of aromatic nitrogens is 1. The van der Waals surface area contributed by atoms with Crippen LogP contribution in [0.1, 0.15) is 18.9 Å². The van der Waals surface area contributed by atoms with Crippen LogP contribution < -0.4 is 5.73 Å². The van der Waals surface area contributed by atoms with Gasteiger partial charge in [0.05, 0.1) is 0 Å². The summed E-state index contributed by atoms with van der Waals surface area (Å²) >= 11 is 0. The Hall–Kier alpha value is -0.930. The first-order chi connectivity index (χ1) is 7.24. The Balaban J connectivity index is 2.38. The van der Waals surface area contributed by atoms with Crippen LogP contribution in [0.15, 0.2) is 24.5 Å². The molecule has 84 valence electrons. The van der Waals surface area contributed by atoms with Crippen LogP contribution in [-0.4, -0.2) is 24.7 Å². The highest BCUT2D eigenvalue weighted by Gasteiger charge is 2.12. The summed E-state index contributed by atoms with van der Waals surface area (Å²) in [4.78, 5) is 4.08. The van der Waals surface area contributed by atoms with E-state index < -0.39 is 0 Å². The second-order valence-electron chi connectivity index (χ2n) is 3.99. The van der Waals surface area contributed by atoms with Crippen LogP contribution in [0, 0.1) is 5.92 Å². The van der Waals surface area contributed by atoms with Crippen molar-refractivity contribution in [2.75, 3.05) is 13.7 Å². The molecule has 2 N–H and O–H groups in total. The molecule has 1 aromatic rings. The van der Waals surface area contributed by atoms with Gasteiger partial charge in [-0.1, -0.05) is 13.0 Å². The molecule has 0 amide bonds. The quantitative estimate of drug-likeness (QED) is 0.773. The van der Waals surface area contributed by atoms with Crippen molar-refractivity contribution in [3.05, 3.63) is 30.1 Å². The first-order valence-electron chi connectivity index (χ1n) is 5.37. The van der Waals surface area contributed by atoms with Gasteiger partial charge in [0.2, 0.25) is 0 Å². The van der Waals surface area contributed by atoms with Crippen LogP contribution in [0.3, 0.4) is 0 Å². The van der Waals surface area contributed by atoms with Gasteiger partial charge >= 0.3 is 0 Å². The molecule has 0 fully saturated rings. The molecular formula is C12H20N2O. The molecule has 0 spiro atoms. The number of rotatable bonds is 6. The summed E-state index contributed by atoms with van der Waals surface area (Å²) in [5, 5.41) is 0. The molecular weight excluding hydrogens is 188 g/mol.